The molecule has 54 valence electrons. The molecular formula is C6H8N2O2. The number of hydrogen-bond acceptors (Lipinski definition) is 2. The van der Waals surface area contributed by atoms with E-state index in [4.69, 9.17) is 0 Å². The Morgan fingerprint density at radius 3 is 2.50 bits per heavy atom. The number of carbonyl (C=O) groups excluding carboxylic acids is 1. The monoisotopic (exact) mass is 140 g/mol. The molecule has 1 N–H and O–H groups in total. The van der Waals surface area contributed by atoms with Crippen molar-refractivity contribution in [1.82, 2.24) is 9.78 Å². The highest BCUT2D eigenvalue weighted by Gasteiger charge is 2.06. The van der Waals surface area contributed by atoms with Crippen LogP contribution in [0.25, 0.3) is 0 Å². The first kappa shape index (κ1) is 6.80. The van der Waals surface area contributed by atoms with Gasteiger partial charge in [0.1, 0.15) is 5.56 Å². The summed E-state index contributed by atoms with van der Waals surface area (Å²) in [5.41, 5.74) is -0.0602. The number of nitrogens with zero attached hydrogens (tertiary/aromatic N) is 1. The van der Waals surface area contributed by atoms with Crippen LogP contribution in [0.2, 0.25) is 0 Å². The van der Waals surface area contributed by atoms with Crippen molar-refractivity contribution < 1.29 is 4.79 Å². The SMILES string of the molecule is CC(=O)c1c[nH]n(C)c1=O. The molecule has 0 amide bonds. The van der Waals surface area contributed by atoms with E-state index in [2.05, 4.69) is 5.10 Å². The maximum absolute atomic E-state index is 10.9. The van der Waals surface area contributed by atoms with Crippen LogP contribution in [0.15, 0.2) is 11.0 Å². The third-order valence-corrected chi connectivity index (χ3v) is 1.32. The third kappa shape index (κ3) is 0.877. The van der Waals surface area contributed by atoms with Gasteiger partial charge >= 0.3 is 0 Å². The summed E-state index contributed by atoms with van der Waals surface area (Å²) in [6, 6.07) is 0. The van der Waals surface area contributed by atoms with Crippen molar-refractivity contribution >= 4 is 5.78 Å². The molecule has 0 bridgehead atoms. The minimum absolute atomic E-state index is 0.207. The smallest absolute Gasteiger partial charge is 0.277 e. The van der Waals surface area contributed by atoms with Gasteiger partial charge in [0.2, 0.25) is 0 Å². The van der Waals surface area contributed by atoms with E-state index in [9.17, 15) is 9.59 Å². The highest BCUT2D eigenvalue weighted by molar-refractivity contribution is 5.93. The largest absolute Gasteiger partial charge is 0.302 e. The average Bonchev–Trinajstić information content (AvgIpc) is 2.14. The standard InChI is InChI=1S/C6H8N2O2/c1-4(9)5-3-7-8(2)6(5)10/h3,7H,1-2H3. The number of H-pyrrole nitrogens is 1. The van der Waals surface area contributed by atoms with Crippen molar-refractivity contribution in [1.29, 1.82) is 0 Å². The van der Waals surface area contributed by atoms with E-state index in [1.165, 1.54) is 17.8 Å². The van der Waals surface area contributed by atoms with E-state index >= 15 is 0 Å². The van der Waals surface area contributed by atoms with Gasteiger partial charge in [0.25, 0.3) is 5.56 Å². The van der Waals surface area contributed by atoms with Crippen molar-refractivity contribution in [2.45, 2.75) is 6.92 Å². The summed E-state index contributed by atoms with van der Waals surface area (Å²) in [7, 11) is 1.56. The molecule has 10 heavy (non-hydrogen) atoms. The van der Waals surface area contributed by atoms with Gasteiger partial charge in [-0.3, -0.25) is 14.3 Å². The number of aromatic amines is 1. The first-order valence-corrected chi connectivity index (χ1v) is 2.88. The summed E-state index contributed by atoms with van der Waals surface area (Å²) in [6.07, 6.45) is 1.41. The molecule has 4 nitrogen and oxygen atoms in total. The fourth-order valence-electron chi connectivity index (χ4n) is 0.715. The van der Waals surface area contributed by atoms with E-state index in [0.29, 0.717) is 0 Å². The summed E-state index contributed by atoms with van der Waals surface area (Å²) < 4.78 is 1.26. The first-order valence-electron chi connectivity index (χ1n) is 2.88. The van der Waals surface area contributed by atoms with E-state index in [1.54, 1.807) is 7.05 Å². The second kappa shape index (κ2) is 2.13. The van der Waals surface area contributed by atoms with Gasteiger partial charge in [-0.15, -0.1) is 0 Å². The molecule has 0 saturated heterocycles. The van der Waals surface area contributed by atoms with Crippen LogP contribution in [0.3, 0.4) is 0 Å². The molecule has 0 saturated carbocycles. The third-order valence-electron chi connectivity index (χ3n) is 1.32. The van der Waals surface area contributed by atoms with Crippen molar-refractivity contribution in [3.8, 4) is 0 Å². The number of ketones is 1. The molecule has 0 fully saturated rings. The normalized spacial score (nSPS) is 9.80. The quantitative estimate of drug-likeness (QED) is 0.554. The van der Waals surface area contributed by atoms with E-state index < -0.39 is 0 Å². The molecule has 1 aromatic heterocycles. The van der Waals surface area contributed by atoms with Gasteiger partial charge in [0.15, 0.2) is 5.78 Å². The average molecular weight is 140 g/mol. The minimum Gasteiger partial charge on any atom is -0.302 e. The van der Waals surface area contributed by atoms with Crippen LogP contribution >= 0.6 is 0 Å². The van der Waals surface area contributed by atoms with Gasteiger partial charge in [-0.2, -0.15) is 0 Å². The lowest BCUT2D eigenvalue weighted by molar-refractivity contribution is 0.101. The number of hydrogen-bond donors (Lipinski definition) is 1. The highest BCUT2D eigenvalue weighted by atomic mass is 16.1. The maximum Gasteiger partial charge on any atom is 0.277 e. The Bertz CT molecular complexity index is 308. The Balaban J connectivity index is 3.32. The molecule has 0 aliphatic carbocycles. The molecule has 0 spiro atoms. The molecule has 0 radical (unpaired) electrons. The zero-order valence-corrected chi connectivity index (χ0v) is 5.84. The maximum atomic E-state index is 10.9. The van der Waals surface area contributed by atoms with Crippen molar-refractivity contribution in [3.63, 3.8) is 0 Å². The molecule has 0 aliphatic rings. The predicted molar refractivity (Wildman–Crippen MR) is 36.0 cm³/mol. The van der Waals surface area contributed by atoms with E-state index in [0.717, 1.165) is 0 Å². The zero-order chi connectivity index (χ0) is 7.72. The summed E-state index contributed by atoms with van der Waals surface area (Å²) in [6.45, 7) is 1.37. The number of nitrogens with one attached hydrogen (secondary N) is 1. The van der Waals surface area contributed by atoms with Crippen LogP contribution in [0.4, 0.5) is 0 Å². The van der Waals surface area contributed by atoms with Gasteiger partial charge in [0.05, 0.1) is 0 Å². The van der Waals surface area contributed by atoms with Gasteiger partial charge in [-0.1, -0.05) is 0 Å². The number of carbonyl (C=O) groups is 1. The molecule has 0 aromatic carbocycles. The van der Waals surface area contributed by atoms with Crippen LogP contribution in [0.5, 0.6) is 0 Å². The van der Waals surface area contributed by atoms with E-state index in [1.807, 2.05) is 0 Å². The molecule has 1 aromatic rings. The van der Waals surface area contributed by atoms with Gasteiger partial charge < -0.3 is 5.10 Å². The Kier molecular flexibility index (Phi) is 1.45. The zero-order valence-electron chi connectivity index (χ0n) is 5.84. The van der Waals surface area contributed by atoms with Crippen LogP contribution in [0, 0.1) is 0 Å². The Morgan fingerprint density at radius 1 is 1.70 bits per heavy atom. The second-order valence-electron chi connectivity index (χ2n) is 2.11. The molecule has 0 unspecified atom stereocenters. The second-order valence-corrected chi connectivity index (χ2v) is 2.11. The number of Topliss-reactive ketones (excluding diaryl/α,β-unsaturated/α-hetero) is 1. The lowest BCUT2D eigenvalue weighted by Gasteiger charge is -1.82. The van der Waals surface area contributed by atoms with Crippen LogP contribution in [0.1, 0.15) is 17.3 Å². The molecule has 0 atom stereocenters. The van der Waals surface area contributed by atoms with Crippen LogP contribution in [-0.2, 0) is 7.05 Å². The Labute approximate surface area is 57.5 Å². The fourth-order valence-corrected chi connectivity index (χ4v) is 0.715. The van der Waals surface area contributed by atoms with E-state index in [-0.39, 0.29) is 16.9 Å². The van der Waals surface area contributed by atoms with Crippen molar-refractivity contribution in [3.05, 3.63) is 22.1 Å². The molecule has 4 heteroatoms. The Morgan fingerprint density at radius 2 is 2.30 bits per heavy atom. The van der Waals surface area contributed by atoms with Crippen LogP contribution in [-0.4, -0.2) is 15.6 Å². The molecule has 0 aliphatic heterocycles. The lowest BCUT2D eigenvalue weighted by Crippen LogP contribution is -2.17. The summed E-state index contributed by atoms with van der Waals surface area (Å²) in [4.78, 5) is 21.6. The minimum atomic E-state index is -0.271. The summed E-state index contributed by atoms with van der Waals surface area (Å²) in [5, 5.41) is 2.60. The number of rotatable bonds is 1. The van der Waals surface area contributed by atoms with Crippen molar-refractivity contribution in [2.24, 2.45) is 7.05 Å². The number of aromatic nitrogens is 2. The van der Waals surface area contributed by atoms with Crippen LogP contribution < -0.4 is 5.56 Å². The fraction of sp³-hybridized carbons (Fsp3) is 0.333. The topological polar surface area (TPSA) is 54.9 Å². The highest BCUT2D eigenvalue weighted by Crippen LogP contribution is 1.87. The number of aryl methyl sites for hydroxylation is 1. The summed E-state index contributed by atoms with van der Waals surface area (Å²) >= 11 is 0. The van der Waals surface area contributed by atoms with Gasteiger partial charge in [0, 0.05) is 13.2 Å². The van der Waals surface area contributed by atoms with Gasteiger partial charge in [-0.05, 0) is 6.92 Å². The van der Waals surface area contributed by atoms with Crippen molar-refractivity contribution in [2.75, 3.05) is 0 Å². The Hall–Kier alpha value is -1.32. The molecule has 1 rings (SSSR count). The molecular weight excluding hydrogens is 132 g/mol. The van der Waals surface area contributed by atoms with Gasteiger partial charge in [-0.25, -0.2) is 0 Å². The first-order chi connectivity index (χ1) is 4.63. The predicted octanol–water partition coefficient (Wildman–Crippen LogP) is -0.0840. The summed E-state index contributed by atoms with van der Waals surface area (Å²) in [5.74, 6) is -0.207. The lowest BCUT2D eigenvalue weighted by atomic mass is 10.3. The molecule has 1 heterocycles.